The Morgan fingerprint density at radius 1 is 1.17 bits per heavy atom. The number of aromatic nitrogens is 2. The molecule has 2 N–H and O–H groups in total. The van der Waals surface area contributed by atoms with Crippen molar-refractivity contribution in [2.75, 3.05) is 5.32 Å². The van der Waals surface area contributed by atoms with E-state index in [1.165, 1.54) is 6.92 Å². The molecule has 3 rings (SSSR count). The van der Waals surface area contributed by atoms with E-state index in [1.54, 1.807) is 24.3 Å². The molecule has 0 spiro atoms. The lowest BCUT2D eigenvalue weighted by Gasteiger charge is -2.09. The van der Waals surface area contributed by atoms with Crippen molar-refractivity contribution < 1.29 is 9.59 Å². The number of amides is 1. The standard InChI is InChI=1S/C17H18N4O2/c1-10-8-15(16(23)19-13-6-7-13)21-17(18-10)20-14-5-3-4-12(9-14)11(2)22/h3-5,8-9,13H,6-7H2,1-2H3,(H,19,23)(H,18,20,21). The first kappa shape index (κ1) is 15.1. The van der Waals surface area contributed by atoms with E-state index in [-0.39, 0.29) is 17.7 Å². The minimum absolute atomic E-state index is 0.0108. The van der Waals surface area contributed by atoms with E-state index in [0.29, 0.717) is 28.6 Å². The molecule has 0 radical (unpaired) electrons. The lowest BCUT2D eigenvalue weighted by molar-refractivity contribution is 0.0945. The SMILES string of the molecule is CC(=O)c1cccc(Nc2nc(C)cc(C(=O)NC3CC3)n2)c1. The fourth-order valence-electron chi connectivity index (χ4n) is 2.17. The van der Waals surface area contributed by atoms with Gasteiger partial charge in [-0.3, -0.25) is 9.59 Å². The second-order valence-corrected chi connectivity index (χ2v) is 5.73. The maximum absolute atomic E-state index is 12.1. The third-order valence-electron chi connectivity index (χ3n) is 3.52. The molecule has 1 aliphatic rings. The summed E-state index contributed by atoms with van der Waals surface area (Å²) in [6.45, 7) is 3.33. The molecular formula is C17H18N4O2. The number of benzene rings is 1. The van der Waals surface area contributed by atoms with Crippen LogP contribution in [0.5, 0.6) is 0 Å². The molecule has 1 aliphatic carbocycles. The molecule has 1 aromatic heterocycles. The third kappa shape index (κ3) is 3.91. The zero-order chi connectivity index (χ0) is 16.4. The molecule has 1 aromatic carbocycles. The molecule has 1 amide bonds. The molecule has 0 bridgehead atoms. The van der Waals surface area contributed by atoms with Crippen LogP contribution >= 0.6 is 0 Å². The average molecular weight is 310 g/mol. The van der Waals surface area contributed by atoms with Gasteiger partial charge >= 0.3 is 0 Å². The molecule has 0 atom stereocenters. The van der Waals surface area contributed by atoms with Crippen LogP contribution in [-0.2, 0) is 0 Å². The fourth-order valence-corrected chi connectivity index (χ4v) is 2.17. The summed E-state index contributed by atoms with van der Waals surface area (Å²) < 4.78 is 0. The van der Waals surface area contributed by atoms with Gasteiger partial charge in [0.15, 0.2) is 5.78 Å². The maximum atomic E-state index is 12.1. The zero-order valence-electron chi connectivity index (χ0n) is 13.1. The highest BCUT2D eigenvalue weighted by Gasteiger charge is 2.24. The first-order chi connectivity index (χ1) is 11.0. The quantitative estimate of drug-likeness (QED) is 0.829. The summed E-state index contributed by atoms with van der Waals surface area (Å²) >= 11 is 0. The molecule has 6 nitrogen and oxygen atoms in total. The lowest BCUT2D eigenvalue weighted by atomic mass is 10.1. The van der Waals surface area contributed by atoms with E-state index in [9.17, 15) is 9.59 Å². The molecule has 1 fully saturated rings. The van der Waals surface area contributed by atoms with E-state index >= 15 is 0 Å². The number of hydrogen-bond acceptors (Lipinski definition) is 5. The van der Waals surface area contributed by atoms with Crippen LogP contribution in [0.15, 0.2) is 30.3 Å². The highest BCUT2D eigenvalue weighted by Crippen LogP contribution is 2.20. The molecular weight excluding hydrogens is 292 g/mol. The van der Waals surface area contributed by atoms with Gasteiger partial charge in [0, 0.05) is 23.0 Å². The zero-order valence-corrected chi connectivity index (χ0v) is 13.1. The summed E-state index contributed by atoms with van der Waals surface area (Å²) in [7, 11) is 0. The van der Waals surface area contributed by atoms with Gasteiger partial charge in [-0.2, -0.15) is 0 Å². The van der Waals surface area contributed by atoms with E-state index in [1.807, 2.05) is 13.0 Å². The minimum Gasteiger partial charge on any atom is -0.348 e. The smallest absolute Gasteiger partial charge is 0.270 e. The highest BCUT2D eigenvalue weighted by atomic mass is 16.2. The number of carbonyl (C=O) groups is 2. The number of nitrogens with one attached hydrogen (secondary N) is 2. The van der Waals surface area contributed by atoms with Crippen LogP contribution in [0.25, 0.3) is 0 Å². The van der Waals surface area contributed by atoms with Crippen LogP contribution in [-0.4, -0.2) is 27.7 Å². The van der Waals surface area contributed by atoms with Crippen molar-refractivity contribution in [2.24, 2.45) is 0 Å². The number of anilines is 2. The number of aryl methyl sites for hydroxylation is 1. The van der Waals surface area contributed by atoms with Crippen LogP contribution in [0.1, 0.15) is 46.3 Å². The van der Waals surface area contributed by atoms with Gasteiger partial charge in [-0.15, -0.1) is 0 Å². The first-order valence-corrected chi connectivity index (χ1v) is 7.56. The van der Waals surface area contributed by atoms with Crippen LogP contribution in [0.3, 0.4) is 0 Å². The van der Waals surface area contributed by atoms with E-state index in [2.05, 4.69) is 20.6 Å². The lowest BCUT2D eigenvalue weighted by Crippen LogP contribution is -2.26. The summed E-state index contributed by atoms with van der Waals surface area (Å²) in [4.78, 5) is 32.1. The van der Waals surface area contributed by atoms with Crippen LogP contribution < -0.4 is 10.6 Å². The number of Topliss-reactive ketones (excluding diaryl/α,β-unsaturated/α-hetero) is 1. The molecule has 2 aromatic rings. The topological polar surface area (TPSA) is 84.0 Å². The molecule has 1 heterocycles. The summed E-state index contributed by atoms with van der Waals surface area (Å²) in [5.74, 6) is 0.147. The summed E-state index contributed by atoms with van der Waals surface area (Å²) in [6, 6.07) is 9.03. The summed E-state index contributed by atoms with van der Waals surface area (Å²) in [5.41, 5.74) is 2.35. The minimum atomic E-state index is -0.182. The Morgan fingerprint density at radius 3 is 2.65 bits per heavy atom. The number of nitrogens with zero attached hydrogens (tertiary/aromatic N) is 2. The van der Waals surface area contributed by atoms with Gasteiger partial charge in [-0.1, -0.05) is 12.1 Å². The molecule has 6 heteroatoms. The largest absolute Gasteiger partial charge is 0.348 e. The monoisotopic (exact) mass is 310 g/mol. The first-order valence-electron chi connectivity index (χ1n) is 7.56. The van der Waals surface area contributed by atoms with Crippen LogP contribution in [0.4, 0.5) is 11.6 Å². The molecule has 1 saturated carbocycles. The van der Waals surface area contributed by atoms with Crippen LogP contribution in [0.2, 0.25) is 0 Å². The van der Waals surface area contributed by atoms with Gasteiger partial charge < -0.3 is 10.6 Å². The Morgan fingerprint density at radius 2 is 1.96 bits per heavy atom. The van der Waals surface area contributed by atoms with Gasteiger partial charge in [-0.25, -0.2) is 9.97 Å². The Labute approximate surface area is 134 Å². The van der Waals surface area contributed by atoms with Gasteiger partial charge in [0.05, 0.1) is 0 Å². The normalized spacial score (nSPS) is 13.5. The van der Waals surface area contributed by atoms with Crippen molar-refractivity contribution in [3.63, 3.8) is 0 Å². The summed E-state index contributed by atoms with van der Waals surface area (Å²) in [5, 5.41) is 5.96. The Hall–Kier alpha value is -2.76. The van der Waals surface area contributed by atoms with Crippen molar-refractivity contribution >= 4 is 23.3 Å². The number of ketones is 1. The maximum Gasteiger partial charge on any atom is 0.270 e. The Bertz CT molecular complexity index is 769. The molecule has 118 valence electrons. The highest BCUT2D eigenvalue weighted by molar-refractivity contribution is 5.95. The van der Waals surface area contributed by atoms with E-state index in [0.717, 1.165) is 12.8 Å². The predicted molar refractivity (Wildman–Crippen MR) is 87.0 cm³/mol. The van der Waals surface area contributed by atoms with Gasteiger partial charge in [0.2, 0.25) is 5.95 Å². The van der Waals surface area contributed by atoms with Gasteiger partial charge in [-0.05, 0) is 44.9 Å². The van der Waals surface area contributed by atoms with Gasteiger partial charge in [0.1, 0.15) is 5.69 Å². The van der Waals surface area contributed by atoms with E-state index < -0.39 is 0 Å². The average Bonchev–Trinajstić information content (AvgIpc) is 3.31. The molecule has 0 aliphatic heterocycles. The van der Waals surface area contributed by atoms with Crippen molar-refractivity contribution in [1.82, 2.24) is 15.3 Å². The summed E-state index contributed by atoms with van der Waals surface area (Å²) in [6.07, 6.45) is 2.05. The number of hydrogen-bond donors (Lipinski definition) is 2. The molecule has 23 heavy (non-hydrogen) atoms. The second kappa shape index (κ2) is 6.16. The van der Waals surface area contributed by atoms with E-state index in [4.69, 9.17) is 0 Å². The molecule has 0 unspecified atom stereocenters. The molecule has 0 saturated heterocycles. The predicted octanol–water partition coefficient (Wildman–Crippen LogP) is 2.62. The van der Waals surface area contributed by atoms with Crippen molar-refractivity contribution in [3.8, 4) is 0 Å². The van der Waals surface area contributed by atoms with Crippen molar-refractivity contribution in [3.05, 3.63) is 47.3 Å². The number of rotatable bonds is 5. The van der Waals surface area contributed by atoms with Crippen molar-refractivity contribution in [1.29, 1.82) is 0 Å². The van der Waals surface area contributed by atoms with Crippen molar-refractivity contribution in [2.45, 2.75) is 32.7 Å². The van der Waals surface area contributed by atoms with Gasteiger partial charge in [0.25, 0.3) is 5.91 Å². The second-order valence-electron chi connectivity index (χ2n) is 5.73. The fraction of sp³-hybridized carbons (Fsp3) is 0.294. The number of carbonyl (C=O) groups excluding carboxylic acids is 2. The Balaban J connectivity index is 1.82. The Kier molecular flexibility index (Phi) is 4.06. The van der Waals surface area contributed by atoms with Crippen LogP contribution in [0, 0.1) is 6.92 Å². The third-order valence-corrected chi connectivity index (χ3v) is 3.52.